The zero-order valence-electron chi connectivity index (χ0n) is 8.94. The number of alkyl halides is 3. The summed E-state index contributed by atoms with van der Waals surface area (Å²) in [6.07, 6.45) is 0. The number of carbonyl (C=O) groups excluding carboxylic acids is 1. The molecule has 2 rings (SSSR count). The van der Waals surface area contributed by atoms with Gasteiger partial charge in [-0.25, -0.2) is 0 Å². The van der Waals surface area contributed by atoms with Crippen molar-refractivity contribution in [2.75, 3.05) is 0 Å². The van der Waals surface area contributed by atoms with Gasteiger partial charge in [-0.3, -0.25) is 4.79 Å². The average Bonchev–Trinajstić information content (AvgIpc) is 2.68. The lowest BCUT2D eigenvalue weighted by atomic mass is 10.1. The third-order valence-electron chi connectivity index (χ3n) is 2.19. The smallest absolute Gasteiger partial charge is 0.305 e. The summed E-state index contributed by atoms with van der Waals surface area (Å²) in [6.45, 7) is 0. The van der Waals surface area contributed by atoms with Crippen LogP contribution in [0, 0.1) is 0 Å². The number of Topliss-reactive ketones (excluding diaryl/α,β-unsaturated/α-hetero) is 1. The van der Waals surface area contributed by atoms with Crippen molar-refractivity contribution in [3.8, 4) is 11.6 Å². The molecular weight excluding hydrogens is 516 g/mol. The van der Waals surface area contributed by atoms with Crippen LogP contribution in [0.2, 0.25) is 0 Å². The number of halogens is 4. The molecule has 0 N–H and O–H groups in total. The van der Waals surface area contributed by atoms with Crippen LogP contribution in [0.1, 0.15) is 10.4 Å². The van der Waals surface area contributed by atoms with Crippen LogP contribution in [-0.2, 0) is 0 Å². The molecular formula is C10H4Br4N2O3. The minimum Gasteiger partial charge on any atom is -0.538 e. The molecule has 0 saturated carbocycles. The lowest BCUT2D eigenvalue weighted by Crippen LogP contribution is -2.37. The largest absolute Gasteiger partial charge is 0.538 e. The van der Waals surface area contributed by atoms with Crippen molar-refractivity contribution in [3.63, 3.8) is 0 Å². The molecule has 1 aromatic heterocycles. The van der Waals surface area contributed by atoms with Crippen molar-refractivity contribution in [1.29, 1.82) is 0 Å². The molecule has 0 aliphatic carbocycles. The van der Waals surface area contributed by atoms with Crippen LogP contribution in [0.4, 0.5) is 0 Å². The standard InChI is InChI=1S/C10H4Br4N2O3/c11-8-9(18)19-15-16(8)6-4-2-1-3-5(6)7(17)10(12,13)14/h1-4H. The Bertz CT molecular complexity index is 636. The van der Waals surface area contributed by atoms with Gasteiger partial charge in [-0.15, -0.1) is 0 Å². The van der Waals surface area contributed by atoms with Crippen LogP contribution in [-0.4, -0.2) is 13.2 Å². The summed E-state index contributed by atoms with van der Waals surface area (Å²) in [5.74, 6) is -0.900. The Hall–Kier alpha value is -0.250. The van der Waals surface area contributed by atoms with Crippen LogP contribution < -0.4 is 9.79 Å². The summed E-state index contributed by atoms with van der Waals surface area (Å²) in [4.78, 5) is 12.3. The predicted octanol–water partition coefficient (Wildman–Crippen LogP) is 2.81. The number of aromatic nitrogens is 2. The SMILES string of the molecule is O=C(c1ccccc1-[n+]1noc([O-])c1Br)C(Br)(Br)Br. The Morgan fingerprint density at radius 2 is 1.95 bits per heavy atom. The van der Waals surface area contributed by atoms with Gasteiger partial charge in [-0.1, -0.05) is 59.9 Å². The Balaban J connectivity index is 2.60. The van der Waals surface area contributed by atoms with Crippen LogP contribution in [0.3, 0.4) is 0 Å². The van der Waals surface area contributed by atoms with E-state index in [1.165, 1.54) is 4.68 Å². The minimum absolute atomic E-state index is 0.108. The first-order valence-electron chi connectivity index (χ1n) is 4.78. The van der Waals surface area contributed by atoms with Gasteiger partial charge < -0.3 is 9.63 Å². The molecule has 0 radical (unpaired) electrons. The van der Waals surface area contributed by atoms with Gasteiger partial charge in [0.1, 0.15) is 0 Å². The Morgan fingerprint density at radius 1 is 1.32 bits per heavy atom. The summed E-state index contributed by atoms with van der Waals surface area (Å²) in [6, 6.07) is 6.71. The molecule has 0 unspecified atom stereocenters. The van der Waals surface area contributed by atoms with Gasteiger partial charge in [0.05, 0.1) is 10.8 Å². The molecule has 19 heavy (non-hydrogen) atoms. The maximum absolute atomic E-state index is 12.3. The van der Waals surface area contributed by atoms with Gasteiger partial charge in [-0.2, -0.15) is 0 Å². The monoisotopic (exact) mass is 516 g/mol. The van der Waals surface area contributed by atoms with Gasteiger partial charge >= 0.3 is 4.60 Å². The number of rotatable bonds is 2. The first-order chi connectivity index (χ1) is 8.82. The summed E-state index contributed by atoms with van der Waals surface area (Å²) >= 11 is 12.6. The molecule has 0 atom stereocenters. The fourth-order valence-electron chi connectivity index (χ4n) is 1.39. The van der Waals surface area contributed by atoms with E-state index in [4.69, 9.17) is 0 Å². The molecule has 100 valence electrons. The second kappa shape index (κ2) is 5.63. The summed E-state index contributed by atoms with van der Waals surface area (Å²) in [5.41, 5.74) is 0.778. The molecule has 5 nitrogen and oxygen atoms in total. The molecule has 0 aliphatic heterocycles. The molecule has 9 heteroatoms. The van der Waals surface area contributed by atoms with Gasteiger partial charge in [0.15, 0.2) is 8.09 Å². The molecule has 1 aromatic carbocycles. The van der Waals surface area contributed by atoms with Crippen LogP contribution >= 0.6 is 63.7 Å². The molecule has 0 aliphatic rings. The average molecular weight is 520 g/mol. The zero-order chi connectivity index (χ0) is 14.2. The van der Waals surface area contributed by atoms with E-state index in [-0.39, 0.29) is 10.4 Å². The summed E-state index contributed by atoms with van der Waals surface area (Å²) < 4.78 is 4.78. The topological polar surface area (TPSA) is 70.0 Å². The molecule has 1 heterocycles. The molecule has 0 bridgehead atoms. The van der Waals surface area contributed by atoms with E-state index < -0.39 is 8.09 Å². The number of benzene rings is 1. The maximum atomic E-state index is 12.3. The Kier molecular flexibility index (Phi) is 4.49. The molecule has 0 spiro atoms. The molecule has 0 saturated heterocycles. The predicted molar refractivity (Wildman–Crippen MR) is 79.0 cm³/mol. The first kappa shape index (κ1) is 15.1. The van der Waals surface area contributed by atoms with Crippen molar-refractivity contribution < 1.29 is 19.1 Å². The van der Waals surface area contributed by atoms with Crippen molar-refractivity contribution in [1.82, 2.24) is 5.27 Å². The second-order valence-electron chi connectivity index (χ2n) is 3.41. The summed E-state index contributed by atoms with van der Waals surface area (Å²) in [7, 11) is 0. The van der Waals surface area contributed by atoms with Gasteiger partial charge in [0.25, 0.3) is 5.69 Å². The van der Waals surface area contributed by atoms with Crippen LogP contribution in [0.5, 0.6) is 5.95 Å². The van der Waals surface area contributed by atoms with E-state index in [1.807, 2.05) is 0 Å². The Labute approximate surface area is 141 Å². The first-order valence-corrected chi connectivity index (χ1v) is 7.95. The van der Waals surface area contributed by atoms with E-state index in [0.29, 0.717) is 11.3 Å². The summed E-state index contributed by atoms with van der Waals surface area (Å²) in [5, 5.41) is 14.9. The molecule has 2 aromatic rings. The third-order valence-corrected chi connectivity index (χ3v) is 3.93. The van der Waals surface area contributed by atoms with Crippen molar-refractivity contribution >= 4 is 69.5 Å². The second-order valence-corrected chi connectivity index (χ2v) is 10.9. The van der Waals surface area contributed by atoms with Crippen molar-refractivity contribution in [3.05, 3.63) is 34.4 Å². The number of carbonyl (C=O) groups is 1. The van der Waals surface area contributed by atoms with Gasteiger partial charge in [0.2, 0.25) is 5.78 Å². The van der Waals surface area contributed by atoms with E-state index >= 15 is 0 Å². The lowest BCUT2D eigenvalue weighted by molar-refractivity contribution is -0.680. The fraction of sp³-hybridized carbons (Fsp3) is 0.100. The normalized spacial score (nSPS) is 11.6. The highest BCUT2D eigenvalue weighted by Crippen LogP contribution is 2.37. The van der Waals surface area contributed by atoms with E-state index in [0.717, 1.165) is 0 Å². The van der Waals surface area contributed by atoms with Crippen LogP contribution in [0.15, 0.2) is 33.4 Å². The lowest BCUT2D eigenvalue weighted by Gasteiger charge is -2.10. The number of nitrogens with zero attached hydrogens (tertiary/aromatic N) is 2. The quantitative estimate of drug-likeness (QED) is 0.348. The zero-order valence-corrected chi connectivity index (χ0v) is 15.3. The van der Waals surface area contributed by atoms with Crippen LogP contribution in [0.25, 0.3) is 5.69 Å². The highest BCUT2D eigenvalue weighted by Gasteiger charge is 2.35. The third kappa shape index (κ3) is 3.09. The van der Waals surface area contributed by atoms with E-state index in [2.05, 4.69) is 73.5 Å². The van der Waals surface area contributed by atoms with Gasteiger partial charge in [-0.05, 0) is 10.7 Å². The fourth-order valence-corrected chi connectivity index (χ4v) is 2.36. The van der Waals surface area contributed by atoms with E-state index in [1.54, 1.807) is 24.3 Å². The Morgan fingerprint density at radius 3 is 2.47 bits per heavy atom. The van der Waals surface area contributed by atoms with Gasteiger partial charge in [0, 0.05) is 22.0 Å². The minimum atomic E-state index is -1.08. The number of hydrogen-bond acceptors (Lipinski definition) is 4. The number of para-hydroxylation sites is 1. The van der Waals surface area contributed by atoms with Crippen molar-refractivity contribution in [2.45, 2.75) is 2.14 Å². The number of ketones is 1. The van der Waals surface area contributed by atoms with E-state index in [9.17, 15) is 9.90 Å². The van der Waals surface area contributed by atoms with Crippen molar-refractivity contribution in [2.24, 2.45) is 0 Å². The maximum Gasteiger partial charge on any atom is 0.305 e. The highest BCUT2D eigenvalue weighted by molar-refractivity contribution is 9.40. The molecule has 0 fully saturated rings. The number of hydrogen-bond donors (Lipinski definition) is 0. The highest BCUT2D eigenvalue weighted by atomic mass is 80.0. The molecule has 0 amide bonds.